The monoisotopic (exact) mass is 335 g/mol. The Morgan fingerprint density at radius 3 is 2.64 bits per heavy atom. The second-order valence-electron chi connectivity index (χ2n) is 6.07. The Morgan fingerprint density at radius 2 is 1.96 bits per heavy atom. The van der Waals surface area contributed by atoms with Crippen LogP contribution in [-0.4, -0.2) is 41.2 Å². The fourth-order valence-electron chi connectivity index (χ4n) is 2.80. The third-order valence-corrected chi connectivity index (χ3v) is 4.10. The van der Waals surface area contributed by atoms with Gasteiger partial charge in [-0.15, -0.1) is 0 Å². The van der Waals surface area contributed by atoms with E-state index in [1.54, 1.807) is 31.4 Å². The van der Waals surface area contributed by atoms with Crippen LogP contribution in [0.25, 0.3) is 21.9 Å². The molecule has 1 amide bonds. The van der Waals surface area contributed by atoms with E-state index < -0.39 is 6.10 Å². The van der Waals surface area contributed by atoms with E-state index in [1.165, 1.54) is 0 Å². The van der Waals surface area contributed by atoms with Crippen molar-refractivity contribution < 1.29 is 9.53 Å². The fraction of sp³-hybridized carbons (Fsp3) is 0.250. The first-order chi connectivity index (χ1) is 12.1. The van der Waals surface area contributed by atoms with Gasteiger partial charge in [0.15, 0.2) is 6.10 Å². The Morgan fingerprint density at radius 1 is 1.16 bits per heavy atom. The van der Waals surface area contributed by atoms with Gasteiger partial charge in [-0.1, -0.05) is 31.2 Å². The molecule has 5 nitrogen and oxygen atoms in total. The molecule has 0 spiro atoms. The molecule has 3 aromatic rings. The van der Waals surface area contributed by atoms with Crippen LogP contribution in [0.4, 0.5) is 0 Å². The zero-order valence-electron chi connectivity index (χ0n) is 14.6. The number of ether oxygens (including phenoxy) is 1. The van der Waals surface area contributed by atoms with Crippen molar-refractivity contribution in [2.75, 3.05) is 14.1 Å². The van der Waals surface area contributed by atoms with Gasteiger partial charge in [0.05, 0.1) is 12.4 Å². The molecule has 128 valence electrons. The van der Waals surface area contributed by atoms with Gasteiger partial charge in [0.25, 0.3) is 5.91 Å². The maximum Gasteiger partial charge on any atom is 0.263 e. The molecule has 0 aliphatic heterocycles. The van der Waals surface area contributed by atoms with Crippen LogP contribution in [0, 0.1) is 0 Å². The van der Waals surface area contributed by atoms with Crippen LogP contribution in [0.5, 0.6) is 5.75 Å². The third kappa shape index (κ3) is 3.60. The van der Waals surface area contributed by atoms with Crippen LogP contribution >= 0.6 is 0 Å². The molecule has 2 aromatic carbocycles. The molecule has 5 heteroatoms. The summed E-state index contributed by atoms with van der Waals surface area (Å²) < 4.78 is 6.03. The number of likely N-dealkylation sites (N-methyl/N-ethyl adjacent to an activating group) is 1. The molecule has 0 saturated heterocycles. The van der Waals surface area contributed by atoms with Crippen molar-refractivity contribution in [1.29, 1.82) is 0 Å². The SMILES string of the molecule is CCC(Oc1cc(-c2ccnnc2)c2ccccc2c1)C(=O)N(C)C. The molecule has 0 bridgehead atoms. The molecular weight excluding hydrogens is 314 g/mol. The van der Waals surface area contributed by atoms with Gasteiger partial charge in [-0.3, -0.25) is 4.79 Å². The van der Waals surface area contributed by atoms with E-state index >= 15 is 0 Å². The first kappa shape index (κ1) is 16.9. The number of fused-ring (bicyclic) bond motifs is 1. The summed E-state index contributed by atoms with van der Waals surface area (Å²) in [5.74, 6) is 0.635. The molecule has 1 unspecified atom stereocenters. The topological polar surface area (TPSA) is 55.3 Å². The maximum atomic E-state index is 12.3. The van der Waals surface area contributed by atoms with Gasteiger partial charge in [0.1, 0.15) is 5.75 Å². The first-order valence-corrected chi connectivity index (χ1v) is 8.28. The standard InChI is InChI=1S/C20H21N3O2/c1-4-19(20(24)23(2)3)25-16-11-14-7-5-6-8-17(14)18(12-16)15-9-10-21-22-13-15/h5-13,19H,4H2,1-3H3. The zero-order chi connectivity index (χ0) is 17.8. The summed E-state index contributed by atoms with van der Waals surface area (Å²) in [6.45, 7) is 1.95. The molecule has 0 N–H and O–H groups in total. The highest BCUT2D eigenvalue weighted by molar-refractivity contribution is 5.97. The number of nitrogens with zero attached hydrogens (tertiary/aromatic N) is 3. The van der Waals surface area contributed by atoms with E-state index in [0.717, 1.165) is 21.9 Å². The van der Waals surface area contributed by atoms with Crippen LogP contribution in [0.15, 0.2) is 54.9 Å². The highest BCUT2D eigenvalue weighted by Crippen LogP contribution is 2.33. The van der Waals surface area contributed by atoms with E-state index in [9.17, 15) is 4.79 Å². The van der Waals surface area contributed by atoms with Crippen molar-refractivity contribution in [1.82, 2.24) is 15.1 Å². The quantitative estimate of drug-likeness (QED) is 0.715. The predicted octanol–water partition coefficient (Wildman–Crippen LogP) is 3.54. The molecule has 1 aromatic heterocycles. The molecule has 1 atom stereocenters. The average molecular weight is 335 g/mol. The second-order valence-corrected chi connectivity index (χ2v) is 6.07. The van der Waals surface area contributed by atoms with Crippen molar-refractivity contribution in [3.63, 3.8) is 0 Å². The molecule has 0 saturated carbocycles. The Bertz CT molecular complexity index is 879. The highest BCUT2D eigenvalue weighted by Gasteiger charge is 2.20. The van der Waals surface area contributed by atoms with Crippen LogP contribution in [0.1, 0.15) is 13.3 Å². The number of hydrogen-bond acceptors (Lipinski definition) is 4. The van der Waals surface area contributed by atoms with Crippen LogP contribution in [0.2, 0.25) is 0 Å². The van der Waals surface area contributed by atoms with Crippen molar-refractivity contribution >= 4 is 16.7 Å². The van der Waals surface area contributed by atoms with Gasteiger partial charge in [0, 0.05) is 19.7 Å². The van der Waals surface area contributed by atoms with E-state index in [2.05, 4.69) is 16.3 Å². The van der Waals surface area contributed by atoms with Gasteiger partial charge < -0.3 is 9.64 Å². The lowest BCUT2D eigenvalue weighted by molar-refractivity contribution is -0.136. The van der Waals surface area contributed by atoms with Gasteiger partial charge in [-0.25, -0.2) is 0 Å². The fourth-order valence-corrected chi connectivity index (χ4v) is 2.80. The van der Waals surface area contributed by atoms with Crippen molar-refractivity contribution in [3.8, 4) is 16.9 Å². The molecule has 0 aliphatic rings. The van der Waals surface area contributed by atoms with Gasteiger partial charge in [0.2, 0.25) is 0 Å². The van der Waals surface area contributed by atoms with Crippen molar-refractivity contribution in [2.24, 2.45) is 0 Å². The lowest BCUT2D eigenvalue weighted by Crippen LogP contribution is -2.37. The lowest BCUT2D eigenvalue weighted by atomic mass is 9.99. The summed E-state index contributed by atoms with van der Waals surface area (Å²) in [4.78, 5) is 13.8. The Kier molecular flexibility index (Phi) is 4.93. The number of aromatic nitrogens is 2. The summed E-state index contributed by atoms with van der Waals surface area (Å²) >= 11 is 0. The molecule has 3 rings (SSSR count). The largest absolute Gasteiger partial charge is 0.481 e. The number of benzene rings is 2. The molecule has 0 radical (unpaired) electrons. The zero-order valence-corrected chi connectivity index (χ0v) is 14.6. The summed E-state index contributed by atoms with van der Waals surface area (Å²) in [5, 5.41) is 9.98. The molecule has 25 heavy (non-hydrogen) atoms. The Labute approximate surface area is 147 Å². The van der Waals surface area contributed by atoms with Crippen LogP contribution in [0.3, 0.4) is 0 Å². The van der Waals surface area contributed by atoms with Gasteiger partial charge >= 0.3 is 0 Å². The van der Waals surface area contributed by atoms with Gasteiger partial charge in [-0.05, 0) is 41.0 Å². The molecule has 0 aliphatic carbocycles. The van der Waals surface area contributed by atoms with Crippen LogP contribution < -0.4 is 4.74 Å². The minimum absolute atomic E-state index is 0.0391. The smallest absolute Gasteiger partial charge is 0.263 e. The normalized spacial score (nSPS) is 12.0. The molecular formula is C20H21N3O2. The summed E-state index contributed by atoms with van der Waals surface area (Å²) in [6.07, 6.45) is 3.51. The Balaban J connectivity index is 2.07. The van der Waals surface area contributed by atoms with Crippen molar-refractivity contribution in [2.45, 2.75) is 19.4 Å². The number of hydrogen-bond donors (Lipinski definition) is 0. The summed E-state index contributed by atoms with van der Waals surface area (Å²) in [6, 6.07) is 13.9. The second kappa shape index (κ2) is 7.30. The van der Waals surface area contributed by atoms with E-state index in [-0.39, 0.29) is 5.91 Å². The molecule has 0 fully saturated rings. The Hall–Kier alpha value is -2.95. The van der Waals surface area contributed by atoms with Crippen molar-refractivity contribution in [3.05, 3.63) is 54.9 Å². The summed E-state index contributed by atoms with van der Waals surface area (Å²) in [5.41, 5.74) is 1.97. The summed E-state index contributed by atoms with van der Waals surface area (Å²) in [7, 11) is 3.48. The maximum absolute atomic E-state index is 12.3. The number of amides is 1. The van der Waals surface area contributed by atoms with Crippen LogP contribution in [-0.2, 0) is 4.79 Å². The number of carbonyl (C=O) groups is 1. The van der Waals surface area contributed by atoms with Gasteiger partial charge in [-0.2, -0.15) is 10.2 Å². The predicted molar refractivity (Wildman–Crippen MR) is 98.4 cm³/mol. The first-order valence-electron chi connectivity index (χ1n) is 8.28. The molecule has 1 heterocycles. The lowest BCUT2D eigenvalue weighted by Gasteiger charge is -2.21. The van der Waals surface area contributed by atoms with E-state index in [4.69, 9.17) is 4.74 Å². The average Bonchev–Trinajstić information content (AvgIpc) is 2.65. The van der Waals surface area contributed by atoms with E-state index in [1.807, 2.05) is 43.3 Å². The third-order valence-electron chi connectivity index (χ3n) is 4.10. The number of rotatable bonds is 5. The van der Waals surface area contributed by atoms with E-state index in [0.29, 0.717) is 12.2 Å². The number of carbonyl (C=O) groups excluding carboxylic acids is 1. The minimum Gasteiger partial charge on any atom is -0.481 e. The highest BCUT2D eigenvalue weighted by atomic mass is 16.5. The minimum atomic E-state index is -0.500.